The Labute approximate surface area is 210 Å². The van der Waals surface area contributed by atoms with Crippen LogP contribution in [0.2, 0.25) is 0 Å². The zero-order valence-corrected chi connectivity index (χ0v) is 20.5. The Hall–Kier alpha value is -3.48. The standard InChI is InChI=1S/C29H31FN4O2/c1-36-27(35)29(15-2-16-29)21-9-13-23(14-10-21)31-28-32-24(18-7-11-22(30)12-8-18)17-25(34-28)33-26(19-3-4-19)20-5-6-20/h7-14,17,19-20,26H,2-6,15-16H2,1H3,(H2,31,32,33,34). The van der Waals surface area contributed by atoms with Crippen molar-refractivity contribution in [2.24, 2.45) is 11.8 Å². The smallest absolute Gasteiger partial charge is 0.316 e. The fourth-order valence-corrected chi connectivity index (χ4v) is 5.39. The van der Waals surface area contributed by atoms with Gasteiger partial charge in [0.15, 0.2) is 0 Å². The Morgan fingerprint density at radius 3 is 2.22 bits per heavy atom. The fourth-order valence-electron chi connectivity index (χ4n) is 5.39. The number of nitrogens with zero attached hydrogens (tertiary/aromatic N) is 2. The van der Waals surface area contributed by atoms with Crippen LogP contribution in [-0.2, 0) is 14.9 Å². The van der Waals surface area contributed by atoms with E-state index in [1.54, 1.807) is 12.1 Å². The van der Waals surface area contributed by atoms with E-state index in [-0.39, 0.29) is 11.8 Å². The molecule has 3 aromatic rings. The summed E-state index contributed by atoms with van der Waals surface area (Å²) in [4.78, 5) is 22.0. The van der Waals surface area contributed by atoms with Crippen LogP contribution < -0.4 is 10.6 Å². The van der Waals surface area contributed by atoms with E-state index in [2.05, 4.69) is 10.6 Å². The molecule has 0 atom stereocenters. The van der Waals surface area contributed by atoms with Gasteiger partial charge in [-0.3, -0.25) is 4.79 Å². The highest BCUT2D eigenvalue weighted by Gasteiger charge is 2.46. The van der Waals surface area contributed by atoms with Gasteiger partial charge in [0.05, 0.1) is 18.2 Å². The topological polar surface area (TPSA) is 76.1 Å². The molecule has 0 amide bonds. The number of carbonyl (C=O) groups is 1. The number of ether oxygens (including phenoxy) is 1. The van der Waals surface area contributed by atoms with E-state index in [9.17, 15) is 9.18 Å². The molecule has 3 fully saturated rings. The van der Waals surface area contributed by atoms with Crippen molar-refractivity contribution in [1.29, 1.82) is 0 Å². The van der Waals surface area contributed by atoms with Gasteiger partial charge in [0, 0.05) is 23.4 Å². The van der Waals surface area contributed by atoms with E-state index in [1.165, 1.54) is 44.9 Å². The van der Waals surface area contributed by atoms with Gasteiger partial charge in [-0.15, -0.1) is 0 Å². The molecule has 2 aromatic carbocycles. The first kappa shape index (κ1) is 23.0. The average molecular weight is 487 g/mol. The van der Waals surface area contributed by atoms with Crippen LogP contribution in [0, 0.1) is 17.7 Å². The van der Waals surface area contributed by atoms with Crippen LogP contribution in [0.25, 0.3) is 11.3 Å². The van der Waals surface area contributed by atoms with Gasteiger partial charge in [-0.2, -0.15) is 4.98 Å². The Balaban J connectivity index is 1.28. The number of carbonyl (C=O) groups excluding carboxylic acids is 1. The molecule has 0 radical (unpaired) electrons. The number of anilines is 3. The van der Waals surface area contributed by atoms with Crippen molar-refractivity contribution < 1.29 is 13.9 Å². The lowest BCUT2D eigenvalue weighted by atomic mass is 9.64. The van der Waals surface area contributed by atoms with Crippen LogP contribution in [0.1, 0.15) is 50.5 Å². The van der Waals surface area contributed by atoms with Crippen molar-refractivity contribution in [3.8, 4) is 11.3 Å². The Bertz CT molecular complexity index is 1240. The fraction of sp³-hybridized carbons (Fsp3) is 0.414. The molecule has 0 unspecified atom stereocenters. The molecule has 0 aliphatic heterocycles. The van der Waals surface area contributed by atoms with Crippen LogP contribution in [0.3, 0.4) is 0 Å². The molecule has 3 saturated carbocycles. The second-order valence-corrected chi connectivity index (χ2v) is 10.4. The second kappa shape index (κ2) is 9.19. The van der Waals surface area contributed by atoms with Crippen molar-refractivity contribution in [3.05, 3.63) is 66.0 Å². The molecule has 6 rings (SSSR count). The summed E-state index contributed by atoms with van der Waals surface area (Å²) in [5, 5.41) is 7.03. The largest absolute Gasteiger partial charge is 0.468 e. The molecule has 0 bridgehead atoms. The monoisotopic (exact) mass is 486 g/mol. The molecule has 0 saturated heterocycles. The van der Waals surface area contributed by atoms with E-state index in [0.29, 0.717) is 12.0 Å². The van der Waals surface area contributed by atoms with Crippen LogP contribution >= 0.6 is 0 Å². The zero-order valence-electron chi connectivity index (χ0n) is 20.5. The minimum atomic E-state index is -0.524. The highest BCUT2D eigenvalue weighted by atomic mass is 19.1. The van der Waals surface area contributed by atoms with E-state index in [0.717, 1.165) is 59.4 Å². The molecule has 186 valence electrons. The molecule has 3 aliphatic rings. The van der Waals surface area contributed by atoms with Crippen LogP contribution in [0.5, 0.6) is 0 Å². The quantitative estimate of drug-likeness (QED) is 0.350. The highest BCUT2D eigenvalue weighted by molar-refractivity contribution is 5.84. The predicted molar refractivity (Wildman–Crippen MR) is 138 cm³/mol. The third kappa shape index (κ3) is 4.54. The number of halogens is 1. The zero-order chi connectivity index (χ0) is 24.7. The van der Waals surface area contributed by atoms with E-state index < -0.39 is 5.41 Å². The normalized spacial score (nSPS) is 18.4. The van der Waals surface area contributed by atoms with Gasteiger partial charge in [-0.05, 0) is 92.3 Å². The Morgan fingerprint density at radius 1 is 1.00 bits per heavy atom. The first-order valence-corrected chi connectivity index (χ1v) is 12.9. The van der Waals surface area contributed by atoms with Gasteiger partial charge in [-0.1, -0.05) is 18.6 Å². The summed E-state index contributed by atoms with van der Waals surface area (Å²) in [6.45, 7) is 0. The van der Waals surface area contributed by atoms with Gasteiger partial charge in [0.1, 0.15) is 11.6 Å². The number of rotatable bonds is 9. The number of aromatic nitrogens is 2. The Morgan fingerprint density at radius 2 is 1.67 bits per heavy atom. The van der Waals surface area contributed by atoms with Crippen LogP contribution in [0.4, 0.5) is 21.8 Å². The lowest BCUT2D eigenvalue weighted by Gasteiger charge is -2.39. The highest BCUT2D eigenvalue weighted by Crippen LogP contribution is 2.46. The SMILES string of the molecule is COC(=O)C1(c2ccc(Nc3nc(NC(C4CC4)C4CC4)cc(-c4ccc(F)cc4)n3)cc2)CCC1. The average Bonchev–Trinajstić information content (AvgIpc) is 3.77. The van der Waals surface area contributed by atoms with Gasteiger partial charge < -0.3 is 15.4 Å². The molecule has 36 heavy (non-hydrogen) atoms. The first-order chi connectivity index (χ1) is 17.5. The van der Waals surface area contributed by atoms with Gasteiger partial charge >= 0.3 is 5.97 Å². The van der Waals surface area contributed by atoms with E-state index >= 15 is 0 Å². The molecule has 1 heterocycles. The minimum Gasteiger partial charge on any atom is -0.468 e. The van der Waals surface area contributed by atoms with Gasteiger partial charge in [0.25, 0.3) is 0 Å². The molecule has 1 aromatic heterocycles. The molecule has 7 heteroatoms. The third-order valence-corrected chi connectivity index (χ3v) is 7.92. The summed E-state index contributed by atoms with van der Waals surface area (Å²) < 4.78 is 18.6. The number of nitrogens with one attached hydrogen (secondary N) is 2. The van der Waals surface area contributed by atoms with Crippen molar-refractivity contribution in [1.82, 2.24) is 9.97 Å². The predicted octanol–water partition coefficient (Wildman–Crippen LogP) is 6.22. The summed E-state index contributed by atoms with van der Waals surface area (Å²) in [7, 11) is 1.45. The molecule has 3 aliphatic carbocycles. The maximum absolute atomic E-state index is 13.5. The summed E-state index contributed by atoms with van der Waals surface area (Å²) >= 11 is 0. The Kier molecular flexibility index (Phi) is 5.86. The molecule has 2 N–H and O–H groups in total. The van der Waals surface area contributed by atoms with Crippen molar-refractivity contribution >= 4 is 23.4 Å². The van der Waals surface area contributed by atoms with Crippen molar-refractivity contribution in [2.75, 3.05) is 17.7 Å². The number of benzene rings is 2. The molecular weight excluding hydrogens is 455 g/mol. The second-order valence-electron chi connectivity index (χ2n) is 10.4. The van der Waals surface area contributed by atoms with E-state index in [4.69, 9.17) is 14.7 Å². The number of hydrogen-bond acceptors (Lipinski definition) is 6. The lowest BCUT2D eigenvalue weighted by Crippen LogP contribution is -2.43. The lowest BCUT2D eigenvalue weighted by molar-refractivity contribution is -0.151. The number of esters is 1. The maximum Gasteiger partial charge on any atom is 0.316 e. The summed E-state index contributed by atoms with van der Waals surface area (Å²) in [6.07, 6.45) is 7.74. The van der Waals surface area contributed by atoms with Crippen LogP contribution in [-0.4, -0.2) is 29.1 Å². The number of methoxy groups -OCH3 is 1. The minimum absolute atomic E-state index is 0.165. The molecule has 6 nitrogen and oxygen atoms in total. The summed E-state index contributed by atoms with van der Waals surface area (Å²) in [6, 6.07) is 16.7. The summed E-state index contributed by atoms with van der Waals surface area (Å²) in [5.74, 6) is 2.26. The van der Waals surface area contributed by atoms with Gasteiger partial charge in [-0.25, -0.2) is 9.37 Å². The van der Waals surface area contributed by atoms with Gasteiger partial charge in [0.2, 0.25) is 5.95 Å². The molecular formula is C29H31FN4O2. The summed E-state index contributed by atoms with van der Waals surface area (Å²) in [5.41, 5.74) is 2.85. The third-order valence-electron chi connectivity index (χ3n) is 7.92. The van der Waals surface area contributed by atoms with E-state index in [1.807, 2.05) is 30.3 Å². The van der Waals surface area contributed by atoms with Crippen molar-refractivity contribution in [3.63, 3.8) is 0 Å². The molecule has 0 spiro atoms. The van der Waals surface area contributed by atoms with Crippen LogP contribution in [0.15, 0.2) is 54.6 Å². The number of hydrogen-bond donors (Lipinski definition) is 2. The maximum atomic E-state index is 13.5. The van der Waals surface area contributed by atoms with Crippen molar-refractivity contribution in [2.45, 2.75) is 56.4 Å². The first-order valence-electron chi connectivity index (χ1n) is 12.9.